The van der Waals surface area contributed by atoms with Gasteiger partial charge in [0.05, 0.1) is 19.3 Å². The maximum atomic E-state index is 13.6. The number of ether oxygens (including phenoxy) is 1. The molecule has 0 spiro atoms. The van der Waals surface area contributed by atoms with Gasteiger partial charge in [-0.25, -0.2) is 9.97 Å². The second-order valence-corrected chi connectivity index (χ2v) is 9.86. The quantitative estimate of drug-likeness (QED) is 0.307. The van der Waals surface area contributed by atoms with Crippen LogP contribution in [0.25, 0.3) is 11.3 Å². The van der Waals surface area contributed by atoms with E-state index in [-0.39, 0.29) is 41.0 Å². The molecule has 3 heterocycles. The van der Waals surface area contributed by atoms with Gasteiger partial charge in [0.25, 0.3) is 5.56 Å². The highest BCUT2D eigenvalue weighted by atomic mass is 32.2. The Kier molecular flexibility index (Phi) is 8.21. The third kappa shape index (κ3) is 6.71. The van der Waals surface area contributed by atoms with Crippen LogP contribution in [0.1, 0.15) is 36.1 Å². The number of carbonyl (C=O) groups excluding carboxylic acids is 1. The lowest BCUT2D eigenvalue weighted by Gasteiger charge is -2.15. The molecule has 7 nitrogen and oxygen atoms in total. The molecular weight excluding hydrogens is 505 g/mol. The summed E-state index contributed by atoms with van der Waals surface area (Å²) in [5, 5.41) is -0.0694. The number of methoxy groups -OCH3 is 1. The van der Waals surface area contributed by atoms with Crippen LogP contribution in [0.3, 0.4) is 0 Å². The van der Waals surface area contributed by atoms with E-state index >= 15 is 0 Å². The minimum absolute atomic E-state index is 0.0167. The van der Waals surface area contributed by atoms with Crippen molar-refractivity contribution in [1.82, 2.24) is 19.4 Å². The molecule has 37 heavy (non-hydrogen) atoms. The second kappa shape index (κ2) is 11.4. The zero-order valence-electron chi connectivity index (χ0n) is 20.5. The van der Waals surface area contributed by atoms with Gasteiger partial charge >= 0.3 is 6.18 Å². The molecule has 0 saturated carbocycles. The van der Waals surface area contributed by atoms with E-state index in [1.807, 2.05) is 25.1 Å². The second-order valence-electron chi connectivity index (χ2n) is 8.79. The Bertz CT molecular complexity index is 1340. The molecule has 0 bridgehead atoms. The van der Waals surface area contributed by atoms with E-state index in [0.29, 0.717) is 11.3 Å². The lowest BCUT2D eigenvalue weighted by atomic mass is 10.1. The molecule has 0 N–H and O–H groups in total. The maximum absolute atomic E-state index is 13.6. The van der Waals surface area contributed by atoms with Crippen LogP contribution in [0, 0.1) is 6.92 Å². The Morgan fingerprint density at radius 3 is 2.57 bits per heavy atom. The highest BCUT2D eigenvalue weighted by molar-refractivity contribution is 7.99. The van der Waals surface area contributed by atoms with E-state index in [9.17, 15) is 22.8 Å². The number of thioether (sulfide) groups is 1. The fraction of sp³-hybridized carbons (Fsp3) is 0.385. The van der Waals surface area contributed by atoms with Gasteiger partial charge in [0.1, 0.15) is 11.4 Å². The van der Waals surface area contributed by atoms with Gasteiger partial charge in [-0.3, -0.25) is 9.59 Å². The van der Waals surface area contributed by atoms with Crippen molar-refractivity contribution in [3.63, 3.8) is 0 Å². The Morgan fingerprint density at radius 2 is 1.86 bits per heavy atom. The van der Waals surface area contributed by atoms with Crippen LogP contribution in [-0.4, -0.2) is 51.3 Å². The van der Waals surface area contributed by atoms with Crippen molar-refractivity contribution >= 4 is 17.7 Å². The van der Waals surface area contributed by atoms with Crippen molar-refractivity contribution in [2.75, 3.05) is 26.0 Å². The van der Waals surface area contributed by atoms with Gasteiger partial charge in [-0.2, -0.15) is 13.2 Å². The largest absolute Gasteiger partial charge is 0.496 e. The summed E-state index contributed by atoms with van der Waals surface area (Å²) in [6, 6.07) is 9.18. The molecule has 1 aliphatic rings. The lowest BCUT2D eigenvalue weighted by Crippen LogP contribution is -2.27. The Morgan fingerprint density at radius 1 is 1.11 bits per heavy atom. The van der Waals surface area contributed by atoms with Crippen molar-refractivity contribution < 1.29 is 22.7 Å². The molecular formula is C26H27F3N4O3S. The number of carbonyl (C=O) groups is 1. The van der Waals surface area contributed by atoms with E-state index < -0.39 is 11.9 Å². The number of amides is 1. The number of alkyl halides is 3. The van der Waals surface area contributed by atoms with Gasteiger partial charge in [0.15, 0.2) is 5.16 Å². The molecule has 1 fully saturated rings. The van der Waals surface area contributed by atoms with Gasteiger partial charge in [-0.05, 0) is 49.1 Å². The summed E-state index contributed by atoms with van der Waals surface area (Å²) in [5.41, 5.74) is 0.766. The van der Waals surface area contributed by atoms with Crippen LogP contribution < -0.4 is 10.3 Å². The van der Waals surface area contributed by atoms with Gasteiger partial charge in [-0.15, -0.1) is 0 Å². The minimum Gasteiger partial charge on any atom is -0.496 e. The zero-order valence-corrected chi connectivity index (χ0v) is 21.4. The molecule has 1 amide bonds. The average molecular weight is 533 g/mol. The average Bonchev–Trinajstić information content (AvgIpc) is 3.41. The first-order chi connectivity index (χ1) is 17.6. The zero-order chi connectivity index (χ0) is 26.6. The maximum Gasteiger partial charge on any atom is 0.433 e. The summed E-state index contributed by atoms with van der Waals surface area (Å²) in [6.07, 6.45) is -1.05. The molecule has 1 aliphatic heterocycles. The number of hydrogen-bond acceptors (Lipinski definition) is 6. The monoisotopic (exact) mass is 532 g/mol. The van der Waals surface area contributed by atoms with E-state index in [4.69, 9.17) is 4.74 Å². The van der Waals surface area contributed by atoms with E-state index in [0.717, 1.165) is 54.9 Å². The predicted octanol–water partition coefficient (Wildman–Crippen LogP) is 4.79. The highest BCUT2D eigenvalue weighted by Crippen LogP contribution is 2.32. The molecule has 196 valence electrons. The highest BCUT2D eigenvalue weighted by Gasteiger charge is 2.34. The third-order valence-electron chi connectivity index (χ3n) is 6.11. The van der Waals surface area contributed by atoms with Gasteiger partial charge < -0.3 is 14.2 Å². The number of aromatic nitrogens is 3. The minimum atomic E-state index is -4.68. The summed E-state index contributed by atoms with van der Waals surface area (Å²) in [4.78, 5) is 34.6. The molecule has 1 saturated heterocycles. The van der Waals surface area contributed by atoms with Crippen LogP contribution in [0.2, 0.25) is 0 Å². The molecule has 3 aromatic rings. The lowest BCUT2D eigenvalue weighted by molar-refractivity contribution is -0.141. The van der Waals surface area contributed by atoms with Crippen LogP contribution >= 0.6 is 11.8 Å². The number of nitrogens with zero attached hydrogens (tertiary/aromatic N) is 4. The number of likely N-dealkylation sites (tertiary alicyclic amines) is 1. The smallest absolute Gasteiger partial charge is 0.433 e. The fourth-order valence-corrected chi connectivity index (χ4v) is 4.89. The van der Waals surface area contributed by atoms with Crippen molar-refractivity contribution in [3.8, 4) is 17.0 Å². The molecule has 0 unspecified atom stereocenters. The number of benzene rings is 1. The standard InChI is InChI=1S/C26H27F3N4O3S/c1-17-5-6-18(13-21(17)36-2)15-33-16-19(7-8-23(33)34)20-14-22(26(27,28)29)31-25(30-20)37-12-9-24(35)32-10-3-4-11-32/h5-8,13-14,16H,3-4,9-12,15H2,1-2H3. The number of halogens is 3. The van der Waals surface area contributed by atoms with Gasteiger partial charge in [0.2, 0.25) is 5.91 Å². The fourth-order valence-electron chi connectivity index (χ4n) is 4.10. The number of hydrogen-bond donors (Lipinski definition) is 0. The number of pyridine rings is 1. The predicted molar refractivity (Wildman–Crippen MR) is 135 cm³/mol. The molecule has 0 atom stereocenters. The van der Waals surface area contributed by atoms with E-state index in [1.165, 1.54) is 22.9 Å². The first-order valence-electron chi connectivity index (χ1n) is 11.9. The van der Waals surface area contributed by atoms with Crippen molar-refractivity contribution in [3.05, 3.63) is 69.8 Å². The van der Waals surface area contributed by atoms with E-state index in [2.05, 4.69) is 9.97 Å². The van der Waals surface area contributed by atoms with E-state index in [1.54, 1.807) is 12.0 Å². The molecule has 4 rings (SSSR count). The van der Waals surface area contributed by atoms with Crippen LogP contribution in [0.15, 0.2) is 52.5 Å². The number of rotatable bonds is 8. The molecule has 0 aliphatic carbocycles. The molecule has 2 aromatic heterocycles. The summed E-state index contributed by atoms with van der Waals surface area (Å²) in [6.45, 7) is 3.55. The SMILES string of the molecule is COc1cc(Cn2cc(-c3cc(C(F)(F)F)nc(SCCC(=O)N4CCCC4)n3)ccc2=O)ccc1C. The van der Waals surface area contributed by atoms with Crippen LogP contribution in [-0.2, 0) is 17.5 Å². The van der Waals surface area contributed by atoms with Crippen molar-refractivity contribution in [1.29, 1.82) is 0 Å². The Balaban J connectivity index is 1.59. The first-order valence-corrected chi connectivity index (χ1v) is 12.8. The summed E-state index contributed by atoms with van der Waals surface area (Å²) >= 11 is 1.01. The number of aryl methyl sites for hydroxylation is 1. The Labute approximate surface area is 216 Å². The third-order valence-corrected chi connectivity index (χ3v) is 6.96. The van der Waals surface area contributed by atoms with Crippen molar-refractivity contribution in [2.24, 2.45) is 0 Å². The van der Waals surface area contributed by atoms with Gasteiger partial charge in [0, 0.05) is 43.1 Å². The molecule has 11 heteroatoms. The summed E-state index contributed by atoms with van der Waals surface area (Å²) in [7, 11) is 1.56. The Hall–Kier alpha value is -3.34. The molecule has 1 aromatic carbocycles. The van der Waals surface area contributed by atoms with Crippen LogP contribution in [0.5, 0.6) is 5.75 Å². The van der Waals surface area contributed by atoms with Crippen molar-refractivity contribution in [2.45, 2.75) is 44.1 Å². The summed E-state index contributed by atoms with van der Waals surface area (Å²) in [5.74, 6) is 0.930. The van der Waals surface area contributed by atoms with Crippen LogP contribution in [0.4, 0.5) is 13.2 Å². The topological polar surface area (TPSA) is 77.3 Å². The van der Waals surface area contributed by atoms with Gasteiger partial charge in [-0.1, -0.05) is 23.9 Å². The summed E-state index contributed by atoms with van der Waals surface area (Å²) < 4.78 is 47.6. The normalized spacial score (nSPS) is 13.7. The molecule has 0 radical (unpaired) electrons. The first kappa shape index (κ1) is 26.7.